The van der Waals surface area contributed by atoms with Crippen LogP contribution in [0.2, 0.25) is 10.0 Å². The van der Waals surface area contributed by atoms with E-state index in [-0.39, 0.29) is 24.7 Å². The number of hydrogen-bond acceptors (Lipinski definition) is 2. The first-order valence-electron chi connectivity index (χ1n) is 10.0. The van der Waals surface area contributed by atoms with E-state index in [1.807, 2.05) is 67.7 Å². The molecule has 5 heteroatoms. The summed E-state index contributed by atoms with van der Waals surface area (Å²) < 4.78 is 5.55. The Morgan fingerprint density at radius 1 is 0.933 bits per heavy atom. The topological polar surface area (TPSA) is 29.5 Å². The molecule has 4 rings (SSSR count). The molecule has 0 spiro atoms. The highest BCUT2D eigenvalue weighted by Gasteiger charge is 2.32. The van der Waals surface area contributed by atoms with Gasteiger partial charge >= 0.3 is 6.09 Å². The van der Waals surface area contributed by atoms with Crippen LogP contribution < -0.4 is 0 Å². The van der Waals surface area contributed by atoms with Gasteiger partial charge in [-0.15, -0.1) is 0 Å². The molecule has 3 aromatic rings. The van der Waals surface area contributed by atoms with Gasteiger partial charge in [0.05, 0.1) is 16.1 Å². The molecule has 3 nitrogen and oxygen atoms in total. The van der Waals surface area contributed by atoms with Gasteiger partial charge in [0.25, 0.3) is 0 Å². The number of carbonyl (C=O) groups excluding carboxylic acids is 1. The monoisotopic (exact) mass is 439 g/mol. The summed E-state index contributed by atoms with van der Waals surface area (Å²) in [4.78, 5) is 14.4. The predicted octanol–water partition coefficient (Wildman–Crippen LogP) is 7.23. The van der Waals surface area contributed by atoms with Crippen LogP contribution in [0.5, 0.6) is 0 Å². The average molecular weight is 440 g/mol. The first kappa shape index (κ1) is 20.8. The summed E-state index contributed by atoms with van der Waals surface area (Å²) in [6, 6.07) is 23.8. The van der Waals surface area contributed by atoms with Crippen molar-refractivity contribution in [2.24, 2.45) is 0 Å². The van der Waals surface area contributed by atoms with Crippen molar-refractivity contribution in [3.8, 4) is 0 Å². The highest BCUT2D eigenvalue weighted by atomic mass is 35.5. The van der Waals surface area contributed by atoms with Crippen molar-refractivity contribution < 1.29 is 9.53 Å². The third-order valence-corrected chi connectivity index (χ3v) is 6.50. The van der Waals surface area contributed by atoms with Gasteiger partial charge in [-0.25, -0.2) is 4.79 Å². The summed E-state index contributed by atoms with van der Waals surface area (Å²) in [6.07, 6.45) is 1.45. The smallest absolute Gasteiger partial charge is 0.410 e. The second-order valence-corrected chi connectivity index (χ2v) is 8.41. The third kappa shape index (κ3) is 4.33. The molecule has 0 aromatic heterocycles. The summed E-state index contributed by atoms with van der Waals surface area (Å²) >= 11 is 12.4. The molecule has 0 fully saturated rings. The Hall–Kier alpha value is -2.49. The fraction of sp³-hybridized carbons (Fsp3) is 0.240. The second-order valence-electron chi connectivity index (χ2n) is 7.60. The van der Waals surface area contributed by atoms with Gasteiger partial charge in [0.2, 0.25) is 0 Å². The zero-order valence-electron chi connectivity index (χ0n) is 16.7. The molecule has 1 amide bonds. The molecule has 1 aliphatic rings. The highest BCUT2D eigenvalue weighted by Crippen LogP contribution is 2.44. The molecule has 1 aliphatic carbocycles. The van der Waals surface area contributed by atoms with E-state index in [0.717, 1.165) is 29.5 Å². The summed E-state index contributed by atoms with van der Waals surface area (Å²) in [6.45, 7) is 0.268. The summed E-state index contributed by atoms with van der Waals surface area (Å²) in [5.41, 5.74) is 4.49. The molecule has 154 valence electrons. The average Bonchev–Trinajstić information content (AvgIpc) is 2.79. The van der Waals surface area contributed by atoms with E-state index in [4.69, 9.17) is 27.9 Å². The maximum atomic E-state index is 12.7. The van der Waals surface area contributed by atoms with Crippen LogP contribution in [0.15, 0.2) is 72.8 Å². The minimum Gasteiger partial charge on any atom is -0.445 e. The van der Waals surface area contributed by atoms with Gasteiger partial charge in [0.1, 0.15) is 6.61 Å². The standard InChI is InChI=1S/C25H23Cl2NO2/c1-28(25(29)30-16-17-7-3-2-4-8-17)24-14-12-19(20-9-5-6-10-21(20)24)18-11-13-22(26)23(27)15-18/h2-11,13,15,19,24H,12,14,16H2,1H3/t19-,24-/m0/s1. The molecular formula is C25H23Cl2NO2. The molecule has 0 aliphatic heterocycles. The second kappa shape index (κ2) is 9.11. The summed E-state index contributed by atoms with van der Waals surface area (Å²) in [5, 5.41) is 1.12. The van der Waals surface area contributed by atoms with Gasteiger partial charge in [0.15, 0.2) is 0 Å². The van der Waals surface area contributed by atoms with Gasteiger partial charge in [-0.05, 0) is 47.2 Å². The van der Waals surface area contributed by atoms with Crippen LogP contribution in [0.25, 0.3) is 0 Å². The zero-order chi connectivity index (χ0) is 21.1. The van der Waals surface area contributed by atoms with Crippen LogP contribution in [0.3, 0.4) is 0 Å². The zero-order valence-corrected chi connectivity index (χ0v) is 18.2. The van der Waals surface area contributed by atoms with E-state index in [1.54, 1.807) is 4.90 Å². The quantitative estimate of drug-likeness (QED) is 0.428. The van der Waals surface area contributed by atoms with Crippen molar-refractivity contribution >= 4 is 29.3 Å². The Labute approximate surface area is 187 Å². The van der Waals surface area contributed by atoms with Crippen LogP contribution in [-0.2, 0) is 11.3 Å². The molecule has 0 radical (unpaired) electrons. The predicted molar refractivity (Wildman–Crippen MR) is 121 cm³/mol. The number of amides is 1. The Balaban J connectivity index is 1.54. The molecule has 0 saturated carbocycles. The maximum absolute atomic E-state index is 12.7. The van der Waals surface area contributed by atoms with Gasteiger partial charge < -0.3 is 9.64 Å². The number of carbonyl (C=O) groups is 1. The number of nitrogens with zero attached hydrogens (tertiary/aromatic N) is 1. The van der Waals surface area contributed by atoms with E-state index in [0.29, 0.717) is 10.0 Å². The molecule has 30 heavy (non-hydrogen) atoms. The Morgan fingerprint density at radius 3 is 2.37 bits per heavy atom. The summed E-state index contributed by atoms with van der Waals surface area (Å²) in [5.74, 6) is 0.223. The summed E-state index contributed by atoms with van der Waals surface area (Å²) in [7, 11) is 1.81. The SMILES string of the molecule is CN(C(=O)OCc1ccccc1)[C@H]1CC[C@@H](c2ccc(Cl)c(Cl)c2)c2ccccc21. The van der Waals surface area contributed by atoms with E-state index in [2.05, 4.69) is 12.1 Å². The van der Waals surface area contributed by atoms with E-state index in [1.165, 1.54) is 5.56 Å². The van der Waals surface area contributed by atoms with Crippen LogP contribution in [0, 0.1) is 0 Å². The van der Waals surface area contributed by atoms with E-state index < -0.39 is 0 Å². The molecule has 0 heterocycles. The van der Waals surface area contributed by atoms with Crippen LogP contribution in [0.1, 0.15) is 47.1 Å². The molecule has 0 saturated heterocycles. The number of fused-ring (bicyclic) bond motifs is 1. The number of hydrogen-bond donors (Lipinski definition) is 0. The van der Waals surface area contributed by atoms with Crippen molar-refractivity contribution in [1.29, 1.82) is 0 Å². The van der Waals surface area contributed by atoms with Gasteiger partial charge in [-0.1, -0.05) is 83.9 Å². The van der Waals surface area contributed by atoms with Crippen LogP contribution in [0.4, 0.5) is 4.79 Å². The lowest BCUT2D eigenvalue weighted by Crippen LogP contribution is -2.34. The molecule has 0 unspecified atom stereocenters. The van der Waals surface area contributed by atoms with Gasteiger partial charge in [0, 0.05) is 13.0 Å². The maximum Gasteiger partial charge on any atom is 0.410 e. The molecule has 0 N–H and O–H groups in total. The highest BCUT2D eigenvalue weighted by molar-refractivity contribution is 6.42. The first-order valence-corrected chi connectivity index (χ1v) is 10.8. The fourth-order valence-corrected chi connectivity index (χ4v) is 4.50. The normalized spacial score (nSPS) is 17.8. The minimum absolute atomic E-state index is 0.0245. The van der Waals surface area contributed by atoms with E-state index >= 15 is 0 Å². The Bertz CT molecular complexity index is 1040. The first-order chi connectivity index (χ1) is 14.5. The van der Waals surface area contributed by atoms with Crippen molar-refractivity contribution in [2.75, 3.05) is 7.05 Å². The van der Waals surface area contributed by atoms with Gasteiger partial charge in [-0.3, -0.25) is 0 Å². The lowest BCUT2D eigenvalue weighted by Gasteiger charge is -2.36. The van der Waals surface area contributed by atoms with Gasteiger partial charge in [-0.2, -0.15) is 0 Å². The molecule has 0 bridgehead atoms. The van der Waals surface area contributed by atoms with Crippen LogP contribution in [-0.4, -0.2) is 18.0 Å². The number of benzene rings is 3. The largest absolute Gasteiger partial charge is 0.445 e. The molecule has 3 aromatic carbocycles. The van der Waals surface area contributed by atoms with E-state index in [9.17, 15) is 4.79 Å². The number of rotatable bonds is 4. The fourth-order valence-electron chi connectivity index (χ4n) is 4.19. The minimum atomic E-state index is -0.313. The van der Waals surface area contributed by atoms with Crippen molar-refractivity contribution in [2.45, 2.75) is 31.4 Å². The Kier molecular flexibility index (Phi) is 6.31. The lowest BCUT2D eigenvalue weighted by molar-refractivity contribution is 0.0871. The molecule has 2 atom stereocenters. The Morgan fingerprint density at radius 2 is 1.63 bits per heavy atom. The molecular weight excluding hydrogens is 417 g/mol. The van der Waals surface area contributed by atoms with Crippen molar-refractivity contribution in [3.63, 3.8) is 0 Å². The third-order valence-electron chi connectivity index (χ3n) is 5.77. The van der Waals surface area contributed by atoms with Crippen LogP contribution >= 0.6 is 23.2 Å². The van der Waals surface area contributed by atoms with Crippen molar-refractivity contribution in [3.05, 3.63) is 105 Å². The number of ether oxygens (including phenoxy) is 1. The lowest BCUT2D eigenvalue weighted by atomic mass is 9.76. The number of halogens is 2. The van der Waals surface area contributed by atoms with Crippen molar-refractivity contribution in [1.82, 2.24) is 4.90 Å².